The average Bonchev–Trinajstić information content (AvgIpc) is 2.39. The van der Waals surface area contributed by atoms with E-state index in [0.717, 1.165) is 25.9 Å². The number of nitrogens with two attached hydrogens (primary N) is 1. The lowest BCUT2D eigenvalue weighted by atomic mass is 9.98. The zero-order chi connectivity index (χ0) is 13.1. The molecule has 1 amide bonds. The van der Waals surface area contributed by atoms with Gasteiger partial charge in [-0.05, 0) is 37.0 Å². The lowest BCUT2D eigenvalue weighted by Crippen LogP contribution is -2.38. The van der Waals surface area contributed by atoms with Crippen LogP contribution in [-0.2, 0) is 0 Å². The van der Waals surface area contributed by atoms with Gasteiger partial charge in [-0.1, -0.05) is 6.92 Å². The number of amides is 1. The molecule has 0 spiro atoms. The molecule has 0 bridgehead atoms. The van der Waals surface area contributed by atoms with Crippen molar-refractivity contribution in [2.75, 3.05) is 25.9 Å². The van der Waals surface area contributed by atoms with Gasteiger partial charge in [0.1, 0.15) is 5.75 Å². The minimum absolute atomic E-state index is 0.0195. The van der Waals surface area contributed by atoms with Crippen molar-refractivity contribution in [2.45, 2.75) is 19.8 Å². The highest BCUT2D eigenvalue weighted by molar-refractivity contribution is 5.97. The molecule has 1 heterocycles. The molecule has 0 unspecified atom stereocenters. The van der Waals surface area contributed by atoms with Gasteiger partial charge in [-0.25, -0.2) is 0 Å². The summed E-state index contributed by atoms with van der Waals surface area (Å²) in [4.78, 5) is 14.3. The SMILES string of the molecule is COc1ccc(N)cc1C(=O)N1CCC(C)CC1. The fraction of sp³-hybridized carbons (Fsp3) is 0.500. The summed E-state index contributed by atoms with van der Waals surface area (Å²) in [6, 6.07) is 5.18. The number of hydrogen-bond donors (Lipinski definition) is 1. The third-order valence-electron chi connectivity index (χ3n) is 3.52. The Morgan fingerprint density at radius 3 is 2.67 bits per heavy atom. The van der Waals surface area contributed by atoms with Crippen LogP contribution < -0.4 is 10.5 Å². The highest BCUT2D eigenvalue weighted by atomic mass is 16.5. The number of carbonyl (C=O) groups is 1. The topological polar surface area (TPSA) is 55.6 Å². The predicted octanol–water partition coefficient (Wildman–Crippen LogP) is 2.15. The van der Waals surface area contributed by atoms with E-state index in [0.29, 0.717) is 22.9 Å². The van der Waals surface area contributed by atoms with Crippen molar-refractivity contribution in [2.24, 2.45) is 5.92 Å². The van der Waals surface area contributed by atoms with E-state index in [4.69, 9.17) is 10.5 Å². The molecule has 4 heteroatoms. The van der Waals surface area contributed by atoms with E-state index in [2.05, 4.69) is 6.92 Å². The summed E-state index contributed by atoms with van der Waals surface area (Å²) in [6.45, 7) is 3.86. The van der Waals surface area contributed by atoms with Crippen molar-refractivity contribution < 1.29 is 9.53 Å². The van der Waals surface area contributed by atoms with E-state index >= 15 is 0 Å². The fourth-order valence-electron chi connectivity index (χ4n) is 2.27. The Bertz CT molecular complexity index is 437. The van der Waals surface area contributed by atoms with Crippen LogP contribution in [0, 0.1) is 5.92 Å². The molecule has 1 fully saturated rings. The van der Waals surface area contributed by atoms with Gasteiger partial charge in [0.05, 0.1) is 12.7 Å². The first-order valence-electron chi connectivity index (χ1n) is 6.34. The van der Waals surface area contributed by atoms with Crippen LogP contribution in [0.4, 0.5) is 5.69 Å². The van der Waals surface area contributed by atoms with Crippen molar-refractivity contribution in [3.05, 3.63) is 23.8 Å². The molecule has 0 aromatic heterocycles. The molecule has 0 atom stereocenters. The van der Waals surface area contributed by atoms with E-state index < -0.39 is 0 Å². The molecule has 18 heavy (non-hydrogen) atoms. The van der Waals surface area contributed by atoms with Crippen LogP contribution >= 0.6 is 0 Å². The van der Waals surface area contributed by atoms with Crippen LogP contribution in [0.3, 0.4) is 0 Å². The molecule has 0 saturated carbocycles. The van der Waals surface area contributed by atoms with Gasteiger partial charge in [0.25, 0.3) is 5.91 Å². The summed E-state index contributed by atoms with van der Waals surface area (Å²) in [5.74, 6) is 1.32. The van der Waals surface area contributed by atoms with Crippen molar-refractivity contribution in [3.8, 4) is 5.75 Å². The monoisotopic (exact) mass is 248 g/mol. The van der Waals surface area contributed by atoms with Gasteiger partial charge >= 0.3 is 0 Å². The number of hydrogen-bond acceptors (Lipinski definition) is 3. The van der Waals surface area contributed by atoms with Gasteiger partial charge in [0.15, 0.2) is 0 Å². The zero-order valence-corrected chi connectivity index (χ0v) is 11.0. The third kappa shape index (κ3) is 2.58. The van der Waals surface area contributed by atoms with Crippen molar-refractivity contribution in [1.29, 1.82) is 0 Å². The molecule has 1 aromatic rings. The highest BCUT2D eigenvalue weighted by Crippen LogP contribution is 2.25. The largest absolute Gasteiger partial charge is 0.496 e. The Balaban J connectivity index is 2.20. The summed E-state index contributed by atoms with van der Waals surface area (Å²) >= 11 is 0. The molecular weight excluding hydrogens is 228 g/mol. The Kier molecular flexibility index (Phi) is 3.75. The van der Waals surface area contributed by atoms with Gasteiger partial charge in [0, 0.05) is 18.8 Å². The third-order valence-corrected chi connectivity index (χ3v) is 3.52. The molecule has 2 rings (SSSR count). The molecule has 0 aliphatic carbocycles. The summed E-state index contributed by atoms with van der Waals surface area (Å²) in [5, 5.41) is 0. The first-order valence-corrected chi connectivity index (χ1v) is 6.34. The van der Waals surface area contributed by atoms with Crippen LogP contribution in [0.25, 0.3) is 0 Å². The smallest absolute Gasteiger partial charge is 0.257 e. The number of likely N-dealkylation sites (tertiary alicyclic amines) is 1. The summed E-state index contributed by atoms with van der Waals surface area (Å²) in [6.07, 6.45) is 2.13. The first-order chi connectivity index (χ1) is 8.61. The lowest BCUT2D eigenvalue weighted by Gasteiger charge is -2.30. The summed E-state index contributed by atoms with van der Waals surface area (Å²) < 4.78 is 5.23. The van der Waals surface area contributed by atoms with Crippen LogP contribution in [0.15, 0.2) is 18.2 Å². The average molecular weight is 248 g/mol. The number of carbonyl (C=O) groups excluding carboxylic acids is 1. The van der Waals surface area contributed by atoms with Gasteiger partial charge in [-0.2, -0.15) is 0 Å². The molecule has 1 aliphatic rings. The predicted molar refractivity (Wildman–Crippen MR) is 71.7 cm³/mol. The van der Waals surface area contributed by atoms with Gasteiger partial charge < -0.3 is 15.4 Å². The maximum absolute atomic E-state index is 12.4. The Labute approximate surface area is 108 Å². The molecule has 1 aliphatic heterocycles. The second kappa shape index (κ2) is 5.29. The molecule has 98 valence electrons. The zero-order valence-electron chi connectivity index (χ0n) is 11.0. The minimum Gasteiger partial charge on any atom is -0.496 e. The second-order valence-electron chi connectivity index (χ2n) is 4.93. The Hall–Kier alpha value is -1.71. The number of methoxy groups -OCH3 is 1. The van der Waals surface area contributed by atoms with E-state index in [1.165, 1.54) is 0 Å². The van der Waals surface area contributed by atoms with Crippen molar-refractivity contribution in [1.82, 2.24) is 4.90 Å². The molecule has 2 N–H and O–H groups in total. The normalized spacial score (nSPS) is 16.7. The van der Waals surface area contributed by atoms with Crippen molar-refractivity contribution >= 4 is 11.6 Å². The first kappa shape index (κ1) is 12.7. The minimum atomic E-state index is 0.0195. The van der Waals surface area contributed by atoms with Crippen LogP contribution in [0.5, 0.6) is 5.75 Å². The Morgan fingerprint density at radius 2 is 2.06 bits per heavy atom. The second-order valence-corrected chi connectivity index (χ2v) is 4.93. The van der Waals surface area contributed by atoms with E-state index in [1.54, 1.807) is 25.3 Å². The number of nitrogens with zero attached hydrogens (tertiary/aromatic N) is 1. The van der Waals surface area contributed by atoms with Crippen LogP contribution in [0.2, 0.25) is 0 Å². The molecule has 1 aromatic carbocycles. The molecular formula is C14H20N2O2. The number of rotatable bonds is 2. The standard InChI is InChI=1S/C14H20N2O2/c1-10-5-7-16(8-6-10)14(17)12-9-11(15)3-4-13(12)18-2/h3-4,9-10H,5-8,15H2,1-2H3. The van der Waals surface area contributed by atoms with E-state index in [1.807, 2.05) is 4.90 Å². The number of ether oxygens (including phenoxy) is 1. The van der Waals surface area contributed by atoms with Crippen LogP contribution in [0.1, 0.15) is 30.1 Å². The molecule has 0 radical (unpaired) electrons. The van der Waals surface area contributed by atoms with Gasteiger partial charge in [-0.15, -0.1) is 0 Å². The van der Waals surface area contributed by atoms with Crippen LogP contribution in [-0.4, -0.2) is 31.0 Å². The highest BCUT2D eigenvalue weighted by Gasteiger charge is 2.23. The maximum atomic E-state index is 12.4. The van der Waals surface area contributed by atoms with Crippen molar-refractivity contribution in [3.63, 3.8) is 0 Å². The lowest BCUT2D eigenvalue weighted by molar-refractivity contribution is 0.0694. The van der Waals surface area contributed by atoms with E-state index in [-0.39, 0.29) is 5.91 Å². The summed E-state index contributed by atoms with van der Waals surface area (Å²) in [7, 11) is 1.57. The number of benzene rings is 1. The summed E-state index contributed by atoms with van der Waals surface area (Å²) in [5.41, 5.74) is 6.89. The van der Waals surface area contributed by atoms with Gasteiger partial charge in [-0.3, -0.25) is 4.79 Å². The number of anilines is 1. The quantitative estimate of drug-likeness (QED) is 0.816. The number of piperidine rings is 1. The van der Waals surface area contributed by atoms with E-state index in [9.17, 15) is 4.79 Å². The maximum Gasteiger partial charge on any atom is 0.257 e. The number of nitrogen functional groups attached to an aromatic ring is 1. The fourth-order valence-corrected chi connectivity index (χ4v) is 2.27. The Morgan fingerprint density at radius 1 is 1.39 bits per heavy atom. The van der Waals surface area contributed by atoms with Gasteiger partial charge in [0.2, 0.25) is 0 Å². The molecule has 1 saturated heterocycles. The molecule has 4 nitrogen and oxygen atoms in total.